The number of hydrogen-bond acceptors (Lipinski definition) is 5. The first-order valence-corrected chi connectivity index (χ1v) is 9.94. The summed E-state index contributed by atoms with van der Waals surface area (Å²) in [5.41, 5.74) is 0.553. The zero-order chi connectivity index (χ0) is 20.8. The summed E-state index contributed by atoms with van der Waals surface area (Å²) in [6.07, 6.45) is 3.68. The Bertz CT molecular complexity index is 682. The molecule has 0 aromatic carbocycles. The maximum Gasteiger partial charge on any atom is 0.311 e. The zero-order valence-electron chi connectivity index (χ0n) is 17.4. The molecular weight excluding hydrogens is 358 g/mol. The fourth-order valence-electron chi connectivity index (χ4n) is 3.67. The minimum Gasteiger partial charge on any atom is -0.452 e. The first-order valence-electron chi connectivity index (χ1n) is 9.94. The van der Waals surface area contributed by atoms with Gasteiger partial charge in [0.25, 0.3) is 11.8 Å². The molecule has 0 spiro atoms. The maximum atomic E-state index is 12.7. The summed E-state index contributed by atoms with van der Waals surface area (Å²) in [5, 5.41) is 0. The summed E-state index contributed by atoms with van der Waals surface area (Å²) >= 11 is 0. The van der Waals surface area contributed by atoms with Gasteiger partial charge in [-0.05, 0) is 59.6 Å². The van der Waals surface area contributed by atoms with Crippen molar-refractivity contribution >= 4 is 17.8 Å². The summed E-state index contributed by atoms with van der Waals surface area (Å²) in [6, 6.07) is 3.38. The quantitative estimate of drug-likeness (QED) is 0.699. The molecule has 0 bridgehead atoms. The van der Waals surface area contributed by atoms with Crippen molar-refractivity contribution < 1.29 is 19.1 Å². The number of carbonyl (C=O) groups is 3. The number of nitrogens with zero attached hydrogens (tertiary/aromatic N) is 3. The molecule has 1 aromatic rings. The molecule has 0 saturated carbocycles. The number of esters is 1. The van der Waals surface area contributed by atoms with E-state index in [1.165, 1.54) is 0 Å². The predicted molar refractivity (Wildman–Crippen MR) is 106 cm³/mol. The van der Waals surface area contributed by atoms with Crippen molar-refractivity contribution in [1.82, 2.24) is 14.8 Å². The molecule has 2 amide bonds. The topological polar surface area (TPSA) is 79.8 Å². The second kappa shape index (κ2) is 9.66. The van der Waals surface area contributed by atoms with Gasteiger partial charge in [0, 0.05) is 43.1 Å². The minimum absolute atomic E-state index is 0.0248. The zero-order valence-corrected chi connectivity index (χ0v) is 17.4. The molecule has 154 valence electrons. The van der Waals surface area contributed by atoms with Crippen LogP contribution < -0.4 is 0 Å². The fourth-order valence-corrected chi connectivity index (χ4v) is 3.67. The molecule has 2 heterocycles. The summed E-state index contributed by atoms with van der Waals surface area (Å²) in [6.45, 7) is 10.3. The monoisotopic (exact) mass is 389 g/mol. The Balaban J connectivity index is 1.98. The Morgan fingerprint density at radius 1 is 1.11 bits per heavy atom. The third-order valence-electron chi connectivity index (χ3n) is 4.98. The SMILES string of the molecule is CC(C)N(C(=O)[C@@H](C)OC(=O)[C@@H]1CCCN(C(=O)c2ccncc2)C1)C(C)C. The Hall–Kier alpha value is -2.44. The molecule has 1 saturated heterocycles. The molecule has 2 rings (SSSR count). The molecule has 0 radical (unpaired) electrons. The Morgan fingerprint density at radius 3 is 2.29 bits per heavy atom. The van der Waals surface area contributed by atoms with Gasteiger partial charge in [-0.2, -0.15) is 0 Å². The Labute approximate surface area is 167 Å². The van der Waals surface area contributed by atoms with Crippen LogP contribution in [0.3, 0.4) is 0 Å². The number of likely N-dealkylation sites (tertiary alicyclic amines) is 1. The van der Waals surface area contributed by atoms with Gasteiger partial charge in [-0.15, -0.1) is 0 Å². The van der Waals surface area contributed by atoms with E-state index in [0.29, 0.717) is 25.1 Å². The number of rotatable bonds is 6. The second-order valence-corrected chi connectivity index (χ2v) is 7.84. The largest absolute Gasteiger partial charge is 0.452 e. The van der Waals surface area contributed by atoms with Crippen LogP contribution in [0, 0.1) is 5.92 Å². The second-order valence-electron chi connectivity index (χ2n) is 7.84. The van der Waals surface area contributed by atoms with Crippen LogP contribution in [-0.4, -0.2) is 63.8 Å². The van der Waals surface area contributed by atoms with Gasteiger partial charge in [-0.1, -0.05) is 0 Å². The van der Waals surface area contributed by atoms with Crippen LogP contribution in [0.5, 0.6) is 0 Å². The lowest BCUT2D eigenvalue weighted by Gasteiger charge is -2.34. The molecule has 1 aliphatic heterocycles. The van der Waals surface area contributed by atoms with Gasteiger partial charge < -0.3 is 14.5 Å². The number of aromatic nitrogens is 1. The van der Waals surface area contributed by atoms with Crippen LogP contribution in [-0.2, 0) is 14.3 Å². The molecule has 1 aliphatic rings. The summed E-state index contributed by atoms with van der Waals surface area (Å²) in [5.74, 6) is -1.14. The van der Waals surface area contributed by atoms with Gasteiger partial charge in [-0.25, -0.2) is 0 Å². The van der Waals surface area contributed by atoms with Gasteiger partial charge in [0.2, 0.25) is 0 Å². The first kappa shape index (κ1) is 21.9. The molecule has 28 heavy (non-hydrogen) atoms. The number of carbonyl (C=O) groups excluding carboxylic acids is 3. The van der Waals surface area contributed by atoms with E-state index in [1.807, 2.05) is 27.7 Å². The van der Waals surface area contributed by atoms with E-state index >= 15 is 0 Å². The highest BCUT2D eigenvalue weighted by molar-refractivity contribution is 5.94. The standard InChI is InChI=1S/C21H31N3O4/c1-14(2)24(15(3)4)19(25)16(5)28-21(27)18-7-6-12-23(13-18)20(26)17-8-10-22-11-9-17/h8-11,14-16,18H,6-7,12-13H2,1-5H3/t16-,18-/m1/s1. The molecule has 7 heteroatoms. The van der Waals surface area contributed by atoms with Crippen LogP contribution in [0.1, 0.15) is 57.8 Å². The molecule has 2 atom stereocenters. The number of piperidine rings is 1. The van der Waals surface area contributed by atoms with Crippen LogP contribution in [0.4, 0.5) is 0 Å². The van der Waals surface area contributed by atoms with Crippen molar-refractivity contribution in [3.8, 4) is 0 Å². The molecular formula is C21H31N3O4. The van der Waals surface area contributed by atoms with Crippen LogP contribution in [0.15, 0.2) is 24.5 Å². The Kier molecular flexibility index (Phi) is 7.54. The number of amides is 2. The van der Waals surface area contributed by atoms with Gasteiger partial charge in [0.1, 0.15) is 0 Å². The lowest BCUT2D eigenvalue weighted by molar-refractivity contribution is -0.165. The van der Waals surface area contributed by atoms with Crippen LogP contribution in [0.2, 0.25) is 0 Å². The van der Waals surface area contributed by atoms with Gasteiger partial charge in [0.05, 0.1) is 5.92 Å². The highest BCUT2D eigenvalue weighted by Gasteiger charge is 2.33. The lowest BCUT2D eigenvalue weighted by atomic mass is 9.97. The summed E-state index contributed by atoms with van der Waals surface area (Å²) in [7, 11) is 0. The van der Waals surface area contributed by atoms with Crippen molar-refractivity contribution in [2.24, 2.45) is 5.92 Å². The van der Waals surface area contributed by atoms with E-state index in [-0.39, 0.29) is 23.9 Å². The summed E-state index contributed by atoms with van der Waals surface area (Å²) in [4.78, 5) is 45.3. The maximum absolute atomic E-state index is 12.7. The number of pyridine rings is 1. The predicted octanol–water partition coefficient (Wildman–Crippen LogP) is 2.51. The fraction of sp³-hybridized carbons (Fsp3) is 0.619. The van der Waals surface area contributed by atoms with E-state index in [0.717, 1.165) is 6.42 Å². The first-order chi connectivity index (χ1) is 13.2. The molecule has 0 unspecified atom stereocenters. The van der Waals surface area contributed by atoms with Crippen molar-refractivity contribution in [3.05, 3.63) is 30.1 Å². The van der Waals surface area contributed by atoms with Crippen molar-refractivity contribution in [1.29, 1.82) is 0 Å². The third-order valence-corrected chi connectivity index (χ3v) is 4.98. The van der Waals surface area contributed by atoms with Gasteiger partial charge in [-0.3, -0.25) is 19.4 Å². The van der Waals surface area contributed by atoms with Crippen molar-refractivity contribution in [2.45, 2.75) is 65.6 Å². The molecule has 0 aliphatic carbocycles. The van der Waals surface area contributed by atoms with E-state index in [9.17, 15) is 14.4 Å². The molecule has 1 fully saturated rings. The molecule has 0 N–H and O–H groups in total. The van der Waals surface area contributed by atoms with Gasteiger partial charge >= 0.3 is 5.97 Å². The average Bonchev–Trinajstić information content (AvgIpc) is 2.67. The van der Waals surface area contributed by atoms with Crippen LogP contribution >= 0.6 is 0 Å². The van der Waals surface area contributed by atoms with E-state index in [1.54, 1.807) is 41.2 Å². The number of hydrogen-bond donors (Lipinski definition) is 0. The minimum atomic E-state index is -0.844. The van der Waals surface area contributed by atoms with E-state index in [2.05, 4.69) is 4.98 Å². The van der Waals surface area contributed by atoms with Gasteiger partial charge in [0.15, 0.2) is 6.10 Å². The van der Waals surface area contributed by atoms with Crippen molar-refractivity contribution in [3.63, 3.8) is 0 Å². The molecule has 1 aromatic heterocycles. The third kappa shape index (κ3) is 5.30. The highest BCUT2D eigenvalue weighted by Crippen LogP contribution is 2.21. The smallest absolute Gasteiger partial charge is 0.311 e. The van der Waals surface area contributed by atoms with E-state index in [4.69, 9.17) is 4.74 Å². The average molecular weight is 389 g/mol. The number of ether oxygens (including phenoxy) is 1. The van der Waals surface area contributed by atoms with E-state index < -0.39 is 18.0 Å². The Morgan fingerprint density at radius 2 is 1.71 bits per heavy atom. The highest BCUT2D eigenvalue weighted by atomic mass is 16.5. The normalized spacial score (nSPS) is 18.1. The van der Waals surface area contributed by atoms with Crippen LogP contribution in [0.25, 0.3) is 0 Å². The molecule has 7 nitrogen and oxygen atoms in total. The van der Waals surface area contributed by atoms with Crippen molar-refractivity contribution in [2.75, 3.05) is 13.1 Å². The lowest BCUT2D eigenvalue weighted by Crippen LogP contribution is -2.48. The summed E-state index contributed by atoms with van der Waals surface area (Å²) < 4.78 is 5.49.